The second kappa shape index (κ2) is 9.03. The normalized spacial score (nSPS) is 16.3. The highest BCUT2D eigenvalue weighted by atomic mass is 32.2. The van der Waals surface area contributed by atoms with Crippen LogP contribution >= 0.6 is 0 Å². The summed E-state index contributed by atoms with van der Waals surface area (Å²) in [6.07, 6.45) is -2.44. The zero-order valence-electron chi connectivity index (χ0n) is 15.4. The van der Waals surface area contributed by atoms with Gasteiger partial charge in [-0.25, -0.2) is 8.93 Å². The minimum Gasteiger partial charge on any atom is -0.493 e. The third kappa shape index (κ3) is 7.36. The van der Waals surface area contributed by atoms with Gasteiger partial charge in [0.25, 0.3) is 0 Å². The predicted octanol–water partition coefficient (Wildman–Crippen LogP) is 5.16. The van der Waals surface area contributed by atoms with Crippen LogP contribution < -0.4 is 9.46 Å². The van der Waals surface area contributed by atoms with Gasteiger partial charge in [-0.1, -0.05) is 32.4 Å². The molecule has 0 bridgehead atoms. The van der Waals surface area contributed by atoms with Crippen molar-refractivity contribution >= 4 is 11.0 Å². The largest absolute Gasteiger partial charge is 0.493 e. The number of rotatable bonds is 8. The molecule has 2 unspecified atom stereocenters. The Balaban J connectivity index is 2.85. The predicted molar refractivity (Wildman–Crippen MR) is 95.8 cm³/mol. The van der Waals surface area contributed by atoms with Crippen LogP contribution in [0.1, 0.15) is 59.1 Å². The third-order valence-corrected chi connectivity index (χ3v) is 5.20. The number of hydrogen-bond acceptors (Lipinski definition) is 2. The van der Waals surface area contributed by atoms with Crippen LogP contribution in [0.3, 0.4) is 0 Å². The van der Waals surface area contributed by atoms with Gasteiger partial charge in [-0.05, 0) is 50.8 Å². The van der Waals surface area contributed by atoms with Crippen molar-refractivity contribution in [1.29, 1.82) is 0 Å². The van der Waals surface area contributed by atoms with E-state index in [1.807, 2.05) is 0 Å². The van der Waals surface area contributed by atoms with Gasteiger partial charge < -0.3 is 4.74 Å². The van der Waals surface area contributed by atoms with E-state index >= 15 is 0 Å². The lowest BCUT2D eigenvalue weighted by molar-refractivity contribution is -0.152. The number of alkyl halides is 3. The van der Waals surface area contributed by atoms with Gasteiger partial charge >= 0.3 is 6.18 Å². The Hall–Kier alpha value is -1.08. The van der Waals surface area contributed by atoms with Crippen LogP contribution in [-0.4, -0.2) is 21.7 Å². The minimum atomic E-state index is -4.54. The molecule has 0 spiro atoms. The molecule has 1 aromatic carbocycles. The molecule has 0 fully saturated rings. The molecule has 1 N–H and O–H groups in total. The highest BCUT2D eigenvalue weighted by Gasteiger charge is 2.43. The molecule has 0 saturated heterocycles. The smallest absolute Gasteiger partial charge is 0.408 e. The van der Waals surface area contributed by atoms with Crippen LogP contribution in [0.15, 0.2) is 24.3 Å². The van der Waals surface area contributed by atoms with Gasteiger partial charge in [0.1, 0.15) is 11.8 Å². The zero-order chi connectivity index (χ0) is 19.3. The zero-order valence-corrected chi connectivity index (χ0v) is 16.3. The lowest BCUT2D eigenvalue weighted by atomic mass is 10.1. The number of nitrogens with one attached hydrogen (secondary N) is 1. The van der Waals surface area contributed by atoms with Crippen LogP contribution in [0.4, 0.5) is 13.2 Å². The molecule has 0 aliphatic heterocycles. The van der Waals surface area contributed by atoms with Crippen LogP contribution in [0.25, 0.3) is 0 Å². The fourth-order valence-electron chi connectivity index (χ4n) is 2.18. The molecule has 0 heterocycles. The van der Waals surface area contributed by atoms with E-state index in [9.17, 15) is 17.4 Å². The van der Waals surface area contributed by atoms with Crippen molar-refractivity contribution in [3.8, 4) is 5.75 Å². The van der Waals surface area contributed by atoms with Crippen LogP contribution in [0, 0.1) is 5.92 Å². The fraction of sp³-hybridized carbons (Fsp3) is 0.667. The maximum atomic E-state index is 13.4. The summed E-state index contributed by atoms with van der Waals surface area (Å²) in [6.45, 7) is 9.57. The first-order chi connectivity index (χ1) is 11.4. The summed E-state index contributed by atoms with van der Waals surface area (Å²) in [4.78, 5) is 0. The molecule has 0 aliphatic rings. The van der Waals surface area contributed by atoms with Crippen molar-refractivity contribution in [2.75, 3.05) is 6.61 Å². The first-order valence-electron chi connectivity index (χ1n) is 8.42. The molecule has 25 heavy (non-hydrogen) atoms. The SMILES string of the molecule is CCCC(C)COc1ccc(C(N[S@@](=O)C(C)(C)C)C(F)(F)F)cc1. The van der Waals surface area contributed by atoms with Crippen molar-refractivity contribution in [3.63, 3.8) is 0 Å². The van der Waals surface area contributed by atoms with Crippen molar-refractivity contribution in [2.24, 2.45) is 5.92 Å². The molecule has 1 aromatic rings. The molecule has 0 aromatic heterocycles. The summed E-state index contributed by atoms with van der Waals surface area (Å²) in [7, 11) is -1.83. The molecular formula is C18H28F3NO2S. The van der Waals surface area contributed by atoms with Gasteiger partial charge in [0.15, 0.2) is 0 Å². The lowest BCUT2D eigenvalue weighted by Gasteiger charge is -2.26. The molecule has 7 heteroatoms. The van der Waals surface area contributed by atoms with Crippen molar-refractivity contribution < 1.29 is 22.1 Å². The first kappa shape index (κ1) is 22.0. The van der Waals surface area contributed by atoms with Gasteiger partial charge in [0.05, 0.1) is 22.3 Å². The number of hydrogen-bond donors (Lipinski definition) is 1. The Bertz CT molecular complexity index is 553. The van der Waals surface area contributed by atoms with E-state index in [2.05, 4.69) is 18.6 Å². The third-order valence-electron chi connectivity index (χ3n) is 3.64. The molecular weight excluding hydrogens is 351 g/mol. The Morgan fingerprint density at radius 3 is 2.16 bits per heavy atom. The van der Waals surface area contributed by atoms with E-state index in [4.69, 9.17) is 4.74 Å². The highest BCUT2D eigenvalue weighted by molar-refractivity contribution is 7.84. The van der Waals surface area contributed by atoms with E-state index in [1.54, 1.807) is 20.8 Å². The van der Waals surface area contributed by atoms with Gasteiger partial charge in [-0.3, -0.25) is 0 Å². The molecule has 1 rings (SSSR count). The molecule has 0 radical (unpaired) electrons. The van der Waals surface area contributed by atoms with E-state index in [0.717, 1.165) is 12.8 Å². The van der Waals surface area contributed by atoms with E-state index < -0.39 is 28.0 Å². The van der Waals surface area contributed by atoms with E-state index in [1.165, 1.54) is 24.3 Å². The second-order valence-electron chi connectivity index (χ2n) is 7.25. The topological polar surface area (TPSA) is 38.3 Å². The standard InChI is InChI=1S/C18H28F3NO2S/c1-6-7-13(2)12-24-15-10-8-14(9-11-15)16(18(19,20)21)22-25(23)17(3,4)5/h8-11,13,16,22H,6-7,12H2,1-5H3/t13?,16?,25-/m0/s1. The molecule has 3 nitrogen and oxygen atoms in total. The van der Waals surface area contributed by atoms with E-state index in [-0.39, 0.29) is 5.56 Å². The van der Waals surface area contributed by atoms with Crippen LogP contribution in [0.2, 0.25) is 0 Å². The Morgan fingerprint density at radius 1 is 1.16 bits per heavy atom. The fourth-order valence-corrected chi connectivity index (χ4v) is 3.02. The quantitative estimate of drug-likeness (QED) is 0.678. The Kier molecular flexibility index (Phi) is 7.93. The monoisotopic (exact) mass is 379 g/mol. The van der Waals surface area contributed by atoms with E-state index in [0.29, 0.717) is 18.3 Å². The van der Waals surface area contributed by atoms with Gasteiger partial charge in [0, 0.05) is 0 Å². The molecule has 0 saturated carbocycles. The van der Waals surface area contributed by atoms with Crippen molar-refractivity contribution in [1.82, 2.24) is 4.72 Å². The van der Waals surface area contributed by atoms with Crippen LogP contribution in [-0.2, 0) is 11.0 Å². The second-order valence-corrected chi connectivity index (χ2v) is 9.25. The van der Waals surface area contributed by atoms with Gasteiger partial charge in [-0.2, -0.15) is 13.2 Å². The average Bonchev–Trinajstić information content (AvgIpc) is 2.49. The lowest BCUT2D eigenvalue weighted by Crippen LogP contribution is -2.41. The maximum Gasteiger partial charge on any atom is 0.408 e. The summed E-state index contributed by atoms with van der Waals surface area (Å²) in [5, 5.41) is 0. The summed E-state index contributed by atoms with van der Waals surface area (Å²) in [6, 6.07) is 3.79. The summed E-state index contributed by atoms with van der Waals surface area (Å²) in [5.41, 5.74) is 0.0130. The number of halogens is 3. The summed E-state index contributed by atoms with van der Waals surface area (Å²) in [5.74, 6) is 0.924. The minimum absolute atomic E-state index is 0.0130. The van der Waals surface area contributed by atoms with Crippen LogP contribution in [0.5, 0.6) is 5.75 Å². The molecule has 144 valence electrons. The molecule has 0 aliphatic carbocycles. The first-order valence-corrected chi connectivity index (χ1v) is 9.57. The Morgan fingerprint density at radius 2 is 1.72 bits per heavy atom. The molecule has 0 amide bonds. The van der Waals surface area contributed by atoms with Crippen molar-refractivity contribution in [3.05, 3.63) is 29.8 Å². The summed E-state index contributed by atoms with van der Waals surface area (Å²) < 4.78 is 59.2. The highest BCUT2D eigenvalue weighted by Crippen LogP contribution is 2.34. The number of benzene rings is 1. The number of ether oxygens (including phenoxy) is 1. The van der Waals surface area contributed by atoms with Crippen molar-refractivity contribution in [2.45, 2.75) is 64.4 Å². The van der Waals surface area contributed by atoms with Gasteiger partial charge in [-0.15, -0.1) is 0 Å². The average molecular weight is 379 g/mol. The summed E-state index contributed by atoms with van der Waals surface area (Å²) >= 11 is 0. The molecule has 3 atom stereocenters. The van der Waals surface area contributed by atoms with Gasteiger partial charge in [0.2, 0.25) is 0 Å². The Labute approximate surface area is 150 Å². The maximum absolute atomic E-state index is 13.4.